The summed E-state index contributed by atoms with van der Waals surface area (Å²) in [5, 5.41) is 12.5. The van der Waals surface area contributed by atoms with Crippen molar-refractivity contribution in [3.63, 3.8) is 0 Å². The number of nitrogens with zero attached hydrogens (tertiary/aromatic N) is 1. The number of halogens is 1. The van der Waals surface area contributed by atoms with Crippen molar-refractivity contribution in [1.29, 1.82) is 0 Å². The fourth-order valence-electron chi connectivity index (χ4n) is 2.88. The van der Waals surface area contributed by atoms with Gasteiger partial charge in [-0.2, -0.15) is 0 Å². The highest BCUT2D eigenvalue weighted by molar-refractivity contribution is 5.97. The van der Waals surface area contributed by atoms with Crippen LogP contribution in [0.5, 0.6) is 11.5 Å². The fourth-order valence-corrected chi connectivity index (χ4v) is 2.88. The quantitative estimate of drug-likeness (QED) is 0.688. The Morgan fingerprint density at radius 2 is 1.90 bits per heavy atom. The van der Waals surface area contributed by atoms with Gasteiger partial charge in [0.05, 0.1) is 7.11 Å². The predicted octanol–water partition coefficient (Wildman–Crippen LogP) is 3.10. The molecule has 0 aliphatic rings. The van der Waals surface area contributed by atoms with Crippen molar-refractivity contribution in [2.75, 3.05) is 7.11 Å². The van der Waals surface area contributed by atoms with Gasteiger partial charge in [0.15, 0.2) is 17.2 Å². The molecule has 1 aromatic carbocycles. The Morgan fingerprint density at radius 1 is 1.21 bits per heavy atom. The van der Waals surface area contributed by atoms with Crippen molar-refractivity contribution < 1.29 is 28.6 Å². The van der Waals surface area contributed by atoms with Gasteiger partial charge in [-0.1, -0.05) is 13.0 Å². The maximum atomic E-state index is 13.3. The van der Waals surface area contributed by atoms with Gasteiger partial charge in [-0.15, -0.1) is 0 Å². The highest BCUT2D eigenvalue weighted by Gasteiger charge is 2.26. The lowest BCUT2D eigenvalue weighted by molar-refractivity contribution is -0.151. The summed E-state index contributed by atoms with van der Waals surface area (Å²) in [7, 11) is 1.35. The minimum absolute atomic E-state index is 0.0949. The summed E-state index contributed by atoms with van der Waals surface area (Å²) in [5.74, 6) is -2.19. The van der Waals surface area contributed by atoms with Gasteiger partial charge in [0, 0.05) is 18.2 Å². The molecule has 0 aliphatic carbocycles. The zero-order chi connectivity index (χ0) is 21.7. The second-order valence-corrected chi connectivity index (χ2v) is 6.84. The third-order valence-electron chi connectivity index (χ3n) is 4.75. The third kappa shape index (κ3) is 5.22. The number of esters is 1. The number of aromatic hydroxyl groups is 1. The number of hydrogen-bond acceptors (Lipinski definition) is 6. The van der Waals surface area contributed by atoms with Gasteiger partial charge in [-0.25, -0.2) is 14.2 Å². The molecule has 2 rings (SSSR count). The molecule has 7 nitrogen and oxygen atoms in total. The predicted molar refractivity (Wildman–Crippen MR) is 104 cm³/mol. The van der Waals surface area contributed by atoms with E-state index < -0.39 is 29.8 Å². The van der Waals surface area contributed by atoms with E-state index in [2.05, 4.69) is 10.3 Å². The molecule has 0 radical (unpaired) electrons. The number of rotatable bonds is 7. The summed E-state index contributed by atoms with van der Waals surface area (Å²) >= 11 is 0. The Kier molecular flexibility index (Phi) is 7.14. The fraction of sp³-hybridized carbons (Fsp3) is 0.381. The summed E-state index contributed by atoms with van der Waals surface area (Å²) < 4.78 is 23.7. The molecule has 3 unspecified atom stereocenters. The zero-order valence-electron chi connectivity index (χ0n) is 17.0. The molecule has 2 aromatic rings. The molecule has 0 spiro atoms. The highest BCUT2D eigenvalue weighted by Crippen LogP contribution is 2.28. The van der Waals surface area contributed by atoms with Crippen molar-refractivity contribution >= 4 is 11.9 Å². The number of amides is 1. The molecular weight excluding hydrogens is 379 g/mol. The van der Waals surface area contributed by atoms with Crippen LogP contribution in [0.4, 0.5) is 4.39 Å². The van der Waals surface area contributed by atoms with Crippen LogP contribution >= 0.6 is 0 Å². The molecule has 0 saturated heterocycles. The third-order valence-corrected chi connectivity index (χ3v) is 4.75. The molecule has 0 bridgehead atoms. The standard InChI is InChI=1S/C21H25FN2O5/c1-11-10-15(22)6-7-16(11)12(2)14(4)29-21(27)13(3)24-20(26)18-19(25)17(28-5)8-9-23-18/h6-10,12-14,25H,1-5H3,(H,24,26). The average Bonchev–Trinajstić information content (AvgIpc) is 2.67. The van der Waals surface area contributed by atoms with Gasteiger partial charge in [0.1, 0.15) is 18.0 Å². The number of benzene rings is 1. The Balaban J connectivity index is 2.02. The van der Waals surface area contributed by atoms with Gasteiger partial charge in [0.25, 0.3) is 5.91 Å². The Bertz CT molecular complexity index is 903. The van der Waals surface area contributed by atoms with E-state index in [1.807, 2.05) is 6.92 Å². The largest absolute Gasteiger partial charge is 0.503 e. The second kappa shape index (κ2) is 9.36. The highest BCUT2D eigenvalue weighted by atomic mass is 19.1. The van der Waals surface area contributed by atoms with Gasteiger partial charge in [0.2, 0.25) is 0 Å². The normalized spacial score (nSPS) is 13.9. The summed E-state index contributed by atoms with van der Waals surface area (Å²) in [6, 6.07) is 4.89. The van der Waals surface area contributed by atoms with Crippen molar-refractivity contribution in [2.24, 2.45) is 0 Å². The van der Waals surface area contributed by atoms with Crippen LogP contribution in [0, 0.1) is 12.7 Å². The van der Waals surface area contributed by atoms with Crippen molar-refractivity contribution in [1.82, 2.24) is 10.3 Å². The van der Waals surface area contributed by atoms with E-state index in [-0.39, 0.29) is 23.2 Å². The first-order valence-corrected chi connectivity index (χ1v) is 9.15. The number of hydrogen-bond donors (Lipinski definition) is 2. The van der Waals surface area contributed by atoms with E-state index in [1.165, 1.54) is 38.4 Å². The van der Waals surface area contributed by atoms with E-state index in [1.54, 1.807) is 19.9 Å². The lowest BCUT2D eigenvalue weighted by Crippen LogP contribution is -2.41. The number of aromatic nitrogens is 1. The van der Waals surface area contributed by atoms with Crippen LogP contribution in [0.2, 0.25) is 0 Å². The van der Waals surface area contributed by atoms with Crippen LogP contribution in [0.25, 0.3) is 0 Å². The van der Waals surface area contributed by atoms with Gasteiger partial charge in [-0.3, -0.25) is 4.79 Å². The first-order chi connectivity index (χ1) is 13.6. The number of aryl methyl sites for hydroxylation is 1. The van der Waals surface area contributed by atoms with Crippen molar-refractivity contribution in [3.8, 4) is 11.5 Å². The molecule has 1 aromatic heterocycles. The number of pyridine rings is 1. The Hall–Kier alpha value is -3.16. The van der Waals surface area contributed by atoms with Crippen LogP contribution in [-0.2, 0) is 9.53 Å². The van der Waals surface area contributed by atoms with E-state index in [9.17, 15) is 19.1 Å². The zero-order valence-corrected chi connectivity index (χ0v) is 17.0. The minimum atomic E-state index is -0.973. The Labute approximate surface area is 168 Å². The second-order valence-electron chi connectivity index (χ2n) is 6.84. The molecule has 0 fully saturated rings. The molecule has 3 atom stereocenters. The molecular formula is C21H25FN2O5. The number of carbonyl (C=O) groups excluding carboxylic acids is 2. The molecule has 0 saturated carbocycles. The number of nitrogens with one attached hydrogen (secondary N) is 1. The van der Waals surface area contributed by atoms with Crippen LogP contribution < -0.4 is 10.1 Å². The van der Waals surface area contributed by atoms with E-state index in [0.717, 1.165) is 11.1 Å². The van der Waals surface area contributed by atoms with Crippen LogP contribution in [0.15, 0.2) is 30.5 Å². The maximum absolute atomic E-state index is 13.3. The van der Waals surface area contributed by atoms with Gasteiger partial charge >= 0.3 is 5.97 Å². The monoisotopic (exact) mass is 404 g/mol. The minimum Gasteiger partial charge on any atom is -0.503 e. The molecule has 2 N–H and O–H groups in total. The average molecular weight is 404 g/mol. The smallest absolute Gasteiger partial charge is 0.328 e. The lowest BCUT2D eigenvalue weighted by atomic mass is 9.92. The van der Waals surface area contributed by atoms with Crippen LogP contribution in [0.3, 0.4) is 0 Å². The molecule has 1 amide bonds. The van der Waals surface area contributed by atoms with Crippen molar-refractivity contribution in [2.45, 2.75) is 45.8 Å². The number of methoxy groups -OCH3 is 1. The van der Waals surface area contributed by atoms with Crippen LogP contribution in [-0.4, -0.2) is 41.2 Å². The van der Waals surface area contributed by atoms with Crippen LogP contribution in [0.1, 0.15) is 48.3 Å². The topological polar surface area (TPSA) is 97.8 Å². The Morgan fingerprint density at radius 3 is 2.52 bits per heavy atom. The molecule has 29 heavy (non-hydrogen) atoms. The van der Waals surface area contributed by atoms with Crippen molar-refractivity contribution in [3.05, 3.63) is 53.1 Å². The first kappa shape index (κ1) is 22.1. The summed E-state index contributed by atoms with van der Waals surface area (Å²) in [6.07, 6.45) is 0.806. The molecule has 0 aliphatic heterocycles. The summed E-state index contributed by atoms with van der Waals surface area (Å²) in [4.78, 5) is 28.6. The molecule has 8 heteroatoms. The van der Waals surface area contributed by atoms with E-state index in [0.29, 0.717) is 0 Å². The number of ether oxygens (including phenoxy) is 2. The summed E-state index contributed by atoms with van der Waals surface area (Å²) in [5.41, 5.74) is 1.38. The lowest BCUT2D eigenvalue weighted by Gasteiger charge is -2.24. The van der Waals surface area contributed by atoms with Gasteiger partial charge < -0.3 is 19.9 Å². The molecule has 1 heterocycles. The SMILES string of the molecule is COc1ccnc(C(=O)NC(C)C(=O)OC(C)C(C)c2ccc(F)cc2C)c1O. The molecule has 156 valence electrons. The first-order valence-electron chi connectivity index (χ1n) is 9.15. The number of carbonyl (C=O) groups is 2. The van der Waals surface area contributed by atoms with E-state index in [4.69, 9.17) is 9.47 Å². The maximum Gasteiger partial charge on any atom is 0.328 e. The van der Waals surface area contributed by atoms with Gasteiger partial charge in [-0.05, 0) is 44.0 Å². The van der Waals surface area contributed by atoms with E-state index >= 15 is 0 Å². The summed E-state index contributed by atoms with van der Waals surface area (Å²) in [6.45, 7) is 6.87.